The molecule has 4 heteroatoms. The predicted molar refractivity (Wildman–Crippen MR) is 62.6 cm³/mol. The summed E-state index contributed by atoms with van der Waals surface area (Å²) in [5, 5.41) is 7.70. The second-order valence-electron chi connectivity index (χ2n) is 4.51. The molecular formula is C12H16N4. The Morgan fingerprint density at radius 3 is 2.94 bits per heavy atom. The van der Waals surface area contributed by atoms with Crippen molar-refractivity contribution in [2.75, 3.05) is 13.1 Å². The first kappa shape index (κ1) is 9.78. The van der Waals surface area contributed by atoms with Crippen molar-refractivity contribution in [3.63, 3.8) is 0 Å². The van der Waals surface area contributed by atoms with E-state index in [1.54, 1.807) is 0 Å². The molecule has 84 valence electrons. The average molecular weight is 216 g/mol. The van der Waals surface area contributed by atoms with Crippen LogP contribution in [0.25, 0.3) is 5.65 Å². The molecule has 4 nitrogen and oxygen atoms in total. The normalized spacial score (nSPS) is 18.1. The lowest BCUT2D eigenvalue weighted by Gasteiger charge is -2.22. The van der Waals surface area contributed by atoms with Gasteiger partial charge in [0.2, 0.25) is 0 Å². The highest BCUT2D eigenvalue weighted by Crippen LogP contribution is 2.24. The van der Waals surface area contributed by atoms with Crippen LogP contribution >= 0.6 is 0 Å². The molecule has 3 rings (SSSR count). The Kier molecular flexibility index (Phi) is 2.36. The smallest absolute Gasteiger partial charge is 0.157 e. The van der Waals surface area contributed by atoms with Crippen molar-refractivity contribution in [2.45, 2.75) is 25.7 Å². The Labute approximate surface area is 94.7 Å². The maximum Gasteiger partial charge on any atom is 0.157 e. The molecule has 0 aliphatic carbocycles. The Hall–Kier alpha value is -1.42. The highest BCUT2D eigenvalue weighted by Gasteiger charge is 2.16. The number of fused-ring (bicyclic) bond motifs is 1. The summed E-state index contributed by atoms with van der Waals surface area (Å²) in [6.45, 7) is 4.27. The molecule has 1 fully saturated rings. The van der Waals surface area contributed by atoms with Gasteiger partial charge in [-0.15, -0.1) is 0 Å². The van der Waals surface area contributed by atoms with Gasteiger partial charge >= 0.3 is 0 Å². The van der Waals surface area contributed by atoms with Crippen LogP contribution in [0.1, 0.15) is 29.9 Å². The fourth-order valence-corrected chi connectivity index (χ4v) is 2.37. The summed E-state index contributed by atoms with van der Waals surface area (Å²) in [5.41, 5.74) is 3.42. The Morgan fingerprint density at radius 2 is 2.12 bits per heavy atom. The Balaban J connectivity index is 1.97. The number of aryl methyl sites for hydroxylation is 1. The highest BCUT2D eigenvalue weighted by molar-refractivity contribution is 5.45. The lowest BCUT2D eigenvalue weighted by molar-refractivity contribution is 0.458. The summed E-state index contributed by atoms with van der Waals surface area (Å²) in [6.07, 6.45) is 8.42. The van der Waals surface area contributed by atoms with E-state index in [2.05, 4.69) is 21.6 Å². The van der Waals surface area contributed by atoms with Crippen LogP contribution in [0, 0.1) is 6.92 Å². The molecule has 0 atom stereocenters. The van der Waals surface area contributed by atoms with Gasteiger partial charge in [-0.2, -0.15) is 5.10 Å². The molecule has 0 unspecified atom stereocenters. The van der Waals surface area contributed by atoms with E-state index in [0.717, 1.165) is 24.3 Å². The molecule has 1 saturated heterocycles. The standard InChI is InChI=1S/C12H16N4/c1-9-6-15-16-8-11(7-14-12(9)16)10-2-4-13-5-3-10/h6-8,10,13H,2-5H2,1H3. The van der Waals surface area contributed by atoms with Gasteiger partial charge < -0.3 is 5.32 Å². The first-order valence-electron chi connectivity index (χ1n) is 5.85. The molecule has 0 spiro atoms. The van der Waals surface area contributed by atoms with Gasteiger partial charge in [-0.1, -0.05) is 0 Å². The number of nitrogens with zero attached hydrogens (tertiary/aromatic N) is 3. The van der Waals surface area contributed by atoms with Gasteiger partial charge in [-0.3, -0.25) is 0 Å². The van der Waals surface area contributed by atoms with E-state index in [1.807, 2.05) is 23.8 Å². The minimum absolute atomic E-state index is 0.641. The van der Waals surface area contributed by atoms with Gasteiger partial charge in [0.15, 0.2) is 5.65 Å². The molecule has 0 radical (unpaired) electrons. The van der Waals surface area contributed by atoms with Crippen molar-refractivity contribution in [3.05, 3.63) is 29.7 Å². The first-order valence-corrected chi connectivity index (χ1v) is 5.85. The third-order valence-corrected chi connectivity index (χ3v) is 3.36. The topological polar surface area (TPSA) is 42.2 Å². The number of rotatable bonds is 1. The van der Waals surface area contributed by atoms with Crippen LogP contribution in [0.15, 0.2) is 18.6 Å². The van der Waals surface area contributed by atoms with Gasteiger partial charge in [0.1, 0.15) is 0 Å². The van der Waals surface area contributed by atoms with Gasteiger partial charge in [0.05, 0.1) is 6.20 Å². The third kappa shape index (κ3) is 1.59. The van der Waals surface area contributed by atoms with Crippen LogP contribution in [-0.4, -0.2) is 27.7 Å². The van der Waals surface area contributed by atoms with E-state index in [1.165, 1.54) is 18.4 Å². The molecule has 1 aliphatic rings. The van der Waals surface area contributed by atoms with E-state index in [0.29, 0.717) is 5.92 Å². The second-order valence-corrected chi connectivity index (χ2v) is 4.51. The largest absolute Gasteiger partial charge is 0.317 e. The molecule has 0 amide bonds. The monoisotopic (exact) mass is 216 g/mol. The van der Waals surface area contributed by atoms with E-state index < -0.39 is 0 Å². The molecule has 0 bridgehead atoms. The van der Waals surface area contributed by atoms with Gasteiger partial charge in [0.25, 0.3) is 0 Å². The van der Waals surface area contributed by atoms with Crippen LogP contribution in [-0.2, 0) is 0 Å². The molecular weight excluding hydrogens is 200 g/mol. The molecule has 3 heterocycles. The molecule has 1 N–H and O–H groups in total. The summed E-state index contributed by atoms with van der Waals surface area (Å²) < 4.78 is 1.90. The summed E-state index contributed by atoms with van der Waals surface area (Å²) in [5.74, 6) is 0.641. The average Bonchev–Trinajstić information content (AvgIpc) is 2.72. The third-order valence-electron chi connectivity index (χ3n) is 3.36. The zero-order valence-electron chi connectivity index (χ0n) is 9.48. The van der Waals surface area contributed by atoms with Crippen molar-refractivity contribution < 1.29 is 0 Å². The fourth-order valence-electron chi connectivity index (χ4n) is 2.37. The lowest BCUT2D eigenvalue weighted by Crippen LogP contribution is -2.26. The van der Waals surface area contributed by atoms with Crippen LogP contribution in [0.5, 0.6) is 0 Å². The van der Waals surface area contributed by atoms with E-state index in [4.69, 9.17) is 0 Å². The van der Waals surface area contributed by atoms with Gasteiger partial charge in [-0.25, -0.2) is 9.50 Å². The van der Waals surface area contributed by atoms with Crippen molar-refractivity contribution in [3.8, 4) is 0 Å². The molecule has 16 heavy (non-hydrogen) atoms. The summed E-state index contributed by atoms with van der Waals surface area (Å²) >= 11 is 0. The minimum atomic E-state index is 0.641. The Bertz CT molecular complexity index is 497. The molecule has 2 aromatic heterocycles. The highest BCUT2D eigenvalue weighted by atomic mass is 15.2. The molecule has 0 saturated carbocycles. The quantitative estimate of drug-likeness (QED) is 0.785. The lowest BCUT2D eigenvalue weighted by atomic mass is 9.92. The first-order chi connectivity index (χ1) is 7.84. The van der Waals surface area contributed by atoms with E-state index in [-0.39, 0.29) is 0 Å². The number of aromatic nitrogens is 3. The number of hydrogen-bond acceptors (Lipinski definition) is 3. The maximum atomic E-state index is 4.50. The summed E-state index contributed by atoms with van der Waals surface area (Å²) in [4.78, 5) is 4.50. The zero-order chi connectivity index (χ0) is 11.0. The number of nitrogens with one attached hydrogen (secondary N) is 1. The van der Waals surface area contributed by atoms with Crippen LogP contribution in [0.2, 0.25) is 0 Å². The Morgan fingerprint density at radius 1 is 1.31 bits per heavy atom. The van der Waals surface area contributed by atoms with Crippen molar-refractivity contribution in [1.29, 1.82) is 0 Å². The van der Waals surface area contributed by atoms with Gasteiger partial charge in [0, 0.05) is 18.0 Å². The van der Waals surface area contributed by atoms with Crippen LogP contribution in [0.4, 0.5) is 0 Å². The molecule has 2 aromatic rings. The number of hydrogen-bond donors (Lipinski definition) is 1. The van der Waals surface area contributed by atoms with Gasteiger partial charge in [-0.05, 0) is 44.3 Å². The molecule has 0 aromatic carbocycles. The molecule has 1 aliphatic heterocycles. The predicted octanol–water partition coefficient (Wildman–Crippen LogP) is 1.50. The minimum Gasteiger partial charge on any atom is -0.317 e. The summed E-state index contributed by atoms with van der Waals surface area (Å²) in [6, 6.07) is 0. The second kappa shape index (κ2) is 3.87. The van der Waals surface area contributed by atoms with Crippen LogP contribution in [0.3, 0.4) is 0 Å². The SMILES string of the molecule is Cc1cnn2cc(C3CCNCC3)cnc12. The van der Waals surface area contributed by atoms with Crippen molar-refractivity contribution in [1.82, 2.24) is 19.9 Å². The number of piperidine rings is 1. The zero-order valence-corrected chi connectivity index (χ0v) is 9.48. The maximum absolute atomic E-state index is 4.50. The van der Waals surface area contributed by atoms with Crippen LogP contribution < -0.4 is 5.32 Å². The fraction of sp³-hybridized carbons (Fsp3) is 0.500. The van der Waals surface area contributed by atoms with Crippen molar-refractivity contribution >= 4 is 5.65 Å². The van der Waals surface area contributed by atoms with E-state index in [9.17, 15) is 0 Å². The van der Waals surface area contributed by atoms with Crippen molar-refractivity contribution in [2.24, 2.45) is 0 Å². The summed E-state index contributed by atoms with van der Waals surface area (Å²) in [7, 11) is 0. The van der Waals surface area contributed by atoms with E-state index >= 15 is 0 Å².